The molecule has 0 aromatic carbocycles. The van der Waals surface area contributed by atoms with Crippen molar-refractivity contribution >= 4 is 11.8 Å². The van der Waals surface area contributed by atoms with Gasteiger partial charge in [-0.1, -0.05) is 0 Å². The SMILES string of the molecule is CN(CC(=O)NC1CC1)C(=O)C(F)F. The number of nitrogens with one attached hydrogen (secondary N) is 1. The summed E-state index contributed by atoms with van der Waals surface area (Å²) in [4.78, 5) is 22.5. The standard InChI is InChI=1S/C8H12F2N2O2/c1-12(8(14)7(9)10)4-6(13)11-5-2-3-5/h5,7H,2-4H2,1H3,(H,11,13). The third kappa shape index (κ3) is 3.27. The Morgan fingerprint density at radius 2 is 2.07 bits per heavy atom. The minimum atomic E-state index is -3.05. The van der Waals surface area contributed by atoms with Crippen molar-refractivity contribution in [1.82, 2.24) is 10.2 Å². The van der Waals surface area contributed by atoms with E-state index in [0.29, 0.717) is 0 Å². The number of hydrogen-bond acceptors (Lipinski definition) is 2. The Morgan fingerprint density at radius 1 is 1.50 bits per heavy atom. The highest BCUT2D eigenvalue weighted by Gasteiger charge is 2.26. The van der Waals surface area contributed by atoms with E-state index in [9.17, 15) is 18.4 Å². The van der Waals surface area contributed by atoms with Crippen LogP contribution in [0.15, 0.2) is 0 Å². The topological polar surface area (TPSA) is 49.4 Å². The number of likely N-dealkylation sites (N-methyl/N-ethyl adjacent to an activating group) is 1. The fraction of sp³-hybridized carbons (Fsp3) is 0.750. The van der Waals surface area contributed by atoms with Gasteiger partial charge < -0.3 is 10.2 Å². The maximum atomic E-state index is 11.9. The highest BCUT2D eigenvalue weighted by atomic mass is 19.3. The van der Waals surface area contributed by atoms with E-state index < -0.39 is 12.3 Å². The minimum absolute atomic E-state index is 0.178. The average Bonchev–Trinajstić information content (AvgIpc) is 2.86. The van der Waals surface area contributed by atoms with Crippen LogP contribution in [0.4, 0.5) is 8.78 Å². The lowest BCUT2D eigenvalue weighted by Crippen LogP contribution is -2.41. The quantitative estimate of drug-likeness (QED) is 0.703. The molecule has 14 heavy (non-hydrogen) atoms. The zero-order chi connectivity index (χ0) is 10.7. The van der Waals surface area contributed by atoms with Gasteiger partial charge in [0.15, 0.2) is 0 Å². The molecule has 6 heteroatoms. The number of alkyl halides is 2. The lowest BCUT2D eigenvalue weighted by Gasteiger charge is -2.15. The molecule has 0 unspecified atom stereocenters. The Labute approximate surface area is 80.3 Å². The van der Waals surface area contributed by atoms with Crippen LogP contribution in [0.25, 0.3) is 0 Å². The smallest absolute Gasteiger partial charge is 0.315 e. The van der Waals surface area contributed by atoms with Crippen LogP contribution in [0, 0.1) is 0 Å². The van der Waals surface area contributed by atoms with Crippen molar-refractivity contribution in [3.05, 3.63) is 0 Å². The molecule has 0 saturated heterocycles. The molecular weight excluding hydrogens is 194 g/mol. The van der Waals surface area contributed by atoms with Crippen molar-refractivity contribution in [3.8, 4) is 0 Å². The van der Waals surface area contributed by atoms with Gasteiger partial charge in [0, 0.05) is 13.1 Å². The van der Waals surface area contributed by atoms with Gasteiger partial charge in [0.05, 0.1) is 6.54 Å². The number of carbonyl (C=O) groups is 2. The maximum absolute atomic E-state index is 11.9. The third-order valence-corrected chi connectivity index (χ3v) is 1.89. The van der Waals surface area contributed by atoms with Crippen molar-refractivity contribution in [3.63, 3.8) is 0 Å². The molecule has 1 aliphatic carbocycles. The van der Waals surface area contributed by atoms with E-state index in [1.807, 2.05) is 0 Å². The van der Waals surface area contributed by atoms with Gasteiger partial charge in [-0.15, -0.1) is 0 Å². The molecular formula is C8H12F2N2O2. The van der Waals surface area contributed by atoms with Gasteiger partial charge in [-0.3, -0.25) is 9.59 Å². The number of amides is 2. The molecule has 0 bridgehead atoms. The summed E-state index contributed by atoms with van der Waals surface area (Å²) in [5, 5.41) is 2.60. The zero-order valence-electron chi connectivity index (χ0n) is 7.80. The highest BCUT2D eigenvalue weighted by molar-refractivity contribution is 5.86. The van der Waals surface area contributed by atoms with E-state index in [0.717, 1.165) is 17.7 Å². The summed E-state index contributed by atoms with van der Waals surface area (Å²) in [6.07, 6.45) is -1.19. The molecule has 1 N–H and O–H groups in total. The Bertz CT molecular complexity index is 241. The van der Waals surface area contributed by atoms with E-state index in [1.165, 1.54) is 7.05 Å². The van der Waals surface area contributed by atoms with Crippen molar-refractivity contribution in [2.75, 3.05) is 13.6 Å². The predicted octanol–water partition coefficient (Wildman–Crippen LogP) is -0.0115. The van der Waals surface area contributed by atoms with Crippen molar-refractivity contribution in [2.24, 2.45) is 0 Å². The van der Waals surface area contributed by atoms with Crippen LogP contribution in [-0.2, 0) is 9.59 Å². The van der Waals surface area contributed by atoms with E-state index >= 15 is 0 Å². The first-order valence-electron chi connectivity index (χ1n) is 4.33. The summed E-state index contributed by atoms with van der Waals surface area (Å²) in [6.45, 7) is -0.306. The number of carbonyl (C=O) groups excluding carboxylic acids is 2. The fourth-order valence-electron chi connectivity index (χ4n) is 0.961. The summed E-state index contributed by atoms with van der Waals surface area (Å²) < 4.78 is 23.8. The molecule has 0 aliphatic heterocycles. The fourth-order valence-corrected chi connectivity index (χ4v) is 0.961. The first-order chi connectivity index (χ1) is 6.50. The molecule has 0 atom stereocenters. The highest BCUT2D eigenvalue weighted by Crippen LogP contribution is 2.18. The molecule has 0 radical (unpaired) electrons. The Balaban J connectivity index is 2.27. The second-order valence-corrected chi connectivity index (χ2v) is 3.34. The second-order valence-electron chi connectivity index (χ2n) is 3.34. The first kappa shape index (κ1) is 10.9. The number of nitrogens with zero attached hydrogens (tertiary/aromatic N) is 1. The first-order valence-corrected chi connectivity index (χ1v) is 4.33. The number of hydrogen-bond donors (Lipinski definition) is 1. The molecule has 2 amide bonds. The normalized spacial score (nSPS) is 15.4. The summed E-state index contributed by atoms with van der Waals surface area (Å²) >= 11 is 0. The average molecular weight is 206 g/mol. The molecule has 0 aromatic heterocycles. The lowest BCUT2D eigenvalue weighted by atomic mass is 10.4. The van der Waals surface area contributed by atoms with Crippen molar-refractivity contribution in [2.45, 2.75) is 25.3 Å². The Morgan fingerprint density at radius 3 is 2.50 bits per heavy atom. The van der Waals surface area contributed by atoms with Crippen LogP contribution in [0.5, 0.6) is 0 Å². The monoisotopic (exact) mass is 206 g/mol. The third-order valence-electron chi connectivity index (χ3n) is 1.89. The molecule has 0 spiro atoms. The van der Waals surface area contributed by atoms with Gasteiger partial charge in [-0.2, -0.15) is 8.78 Å². The molecule has 1 aliphatic rings. The largest absolute Gasteiger partial charge is 0.352 e. The predicted molar refractivity (Wildman–Crippen MR) is 44.8 cm³/mol. The van der Waals surface area contributed by atoms with Gasteiger partial charge in [-0.05, 0) is 12.8 Å². The van der Waals surface area contributed by atoms with Crippen LogP contribution in [0.2, 0.25) is 0 Å². The molecule has 1 saturated carbocycles. The van der Waals surface area contributed by atoms with Crippen molar-refractivity contribution in [1.29, 1.82) is 0 Å². The summed E-state index contributed by atoms with van der Waals surface area (Å²) in [6, 6.07) is 0.178. The van der Waals surface area contributed by atoms with Crippen LogP contribution < -0.4 is 5.32 Å². The minimum Gasteiger partial charge on any atom is -0.352 e. The summed E-state index contributed by atoms with van der Waals surface area (Å²) in [5.74, 6) is -1.71. The van der Waals surface area contributed by atoms with E-state index in [1.54, 1.807) is 0 Å². The van der Waals surface area contributed by atoms with Crippen LogP contribution in [0.1, 0.15) is 12.8 Å². The molecule has 0 heterocycles. The molecule has 1 rings (SSSR count). The van der Waals surface area contributed by atoms with Gasteiger partial charge in [0.2, 0.25) is 5.91 Å². The number of halogens is 2. The van der Waals surface area contributed by atoms with Gasteiger partial charge >= 0.3 is 6.43 Å². The summed E-state index contributed by atoms with van der Waals surface area (Å²) in [7, 11) is 1.18. The zero-order valence-corrected chi connectivity index (χ0v) is 7.80. The summed E-state index contributed by atoms with van der Waals surface area (Å²) in [5.41, 5.74) is 0. The van der Waals surface area contributed by atoms with Crippen LogP contribution in [0.3, 0.4) is 0 Å². The van der Waals surface area contributed by atoms with Gasteiger partial charge in [0.25, 0.3) is 5.91 Å². The molecule has 80 valence electrons. The Hall–Kier alpha value is -1.20. The number of rotatable bonds is 4. The molecule has 0 aromatic rings. The van der Waals surface area contributed by atoms with E-state index in [4.69, 9.17) is 0 Å². The van der Waals surface area contributed by atoms with Crippen LogP contribution in [-0.4, -0.2) is 42.8 Å². The van der Waals surface area contributed by atoms with E-state index in [2.05, 4.69) is 5.32 Å². The lowest BCUT2D eigenvalue weighted by molar-refractivity contribution is -0.144. The van der Waals surface area contributed by atoms with Crippen LogP contribution >= 0.6 is 0 Å². The van der Waals surface area contributed by atoms with Gasteiger partial charge in [-0.25, -0.2) is 0 Å². The molecule has 1 fully saturated rings. The maximum Gasteiger partial charge on any atom is 0.315 e. The molecule has 4 nitrogen and oxygen atoms in total. The Kier molecular flexibility index (Phi) is 3.38. The van der Waals surface area contributed by atoms with Gasteiger partial charge in [0.1, 0.15) is 0 Å². The van der Waals surface area contributed by atoms with Crippen molar-refractivity contribution < 1.29 is 18.4 Å². The second kappa shape index (κ2) is 4.34. The van der Waals surface area contributed by atoms with E-state index in [-0.39, 0.29) is 18.5 Å².